The molecule has 2 saturated heterocycles. The second-order valence-corrected chi connectivity index (χ2v) is 8.20. The highest BCUT2D eigenvalue weighted by atomic mass is 16.1. The molecule has 6 nitrogen and oxygen atoms in total. The number of hydrogen-bond donors (Lipinski definition) is 1. The van der Waals surface area contributed by atoms with E-state index >= 15 is 0 Å². The molecule has 0 radical (unpaired) electrons. The number of azide groups is 1. The lowest BCUT2D eigenvalue weighted by molar-refractivity contribution is 0.1000. The van der Waals surface area contributed by atoms with Crippen LogP contribution in [0.1, 0.15) is 65.5 Å². The van der Waals surface area contributed by atoms with E-state index < -0.39 is 0 Å². The molecule has 2 fully saturated rings. The molecular formula is C23H27N5O. The van der Waals surface area contributed by atoms with E-state index in [1.807, 2.05) is 42.5 Å². The number of rotatable bonds is 7. The number of hydrogen-bond acceptors (Lipinski definition) is 3. The molecule has 2 N–H and O–H groups in total. The van der Waals surface area contributed by atoms with Crippen molar-refractivity contribution in [1.29, 1.82) is 0 Å². The van der Waals surface area contributed by atoms with E-state index in [-0.39, 0.29) is 11.9 Å². The molecule has 29 heavy (non-hydrogen) atoms. The minimum Gasteiger partial charge on any atom is -0.366 e. The molecule has 3 atom stereocenters. The quantitative estimate of drug-likeness (QED) is 0.412. The van der Waals surface area contributed by atoms with Crippen molar-refractivity contribution in [3.8, 4) is 0 Å². The lowest BCUT2D eigenvalue weighted by Gasteiger charge is -2.39. The van der Waals surface area contributed by atoms with E-state index in [9.17, 15) is 4.79 Å². The van der Waals surface area contributed by atoms with Crippen LogP contribution in [-0.4, -0.2) is 29.4 Å². The summed E-state index contributed by atoms with van der Waals surface area (Å²) in [6, 6.07) is 18.8. The van der Waals surface area contributed by atoms with Gasteiger partial charge in [-0.15, -0.1) is 0 Å². The topological polar surface area (TPSA) is 95.1 Å². The number of amides is 1. The zero-order chi connectivity index (χ0) is 20.2. The fraction of sp³-hybridized carbons (Fsp3) is 0.435. The van der Waals surface area contributed by atoms with Gasteiger partial charge in [0, 0.05) is 22.6 Å². The summed E-state index contributed by atoms with van der Waals surface area (Å²) in [5.74, 6) is 0.113. The number of benzene rings is 2. The van der Waals surface area contributed by atoms with Crippen molar-refractivity contribution in [2.75, 3.05) is 6.54 Å². The third-order valence-electron chi connectivity index (χ3n) is 6.56. The number of nitrogens with zero attached hydrogens (tertiary/aromatic N) is 4. The number of piperidine rings is 1. The van der Waals surface area contributed by atoms with Crippen molar-refractivity contribution in [2.24, 2.45) is 10.8 Å². The maximum absolute atomic E-state index is 11.5. The normalized spacial score (nSPS) is 24.6. The summed E-state index contributed by atoms with van der Waals surface area (Å²) in [5.41, 5.74) is 17.4. The first kappa shape index (κ1) is 19.5. The molecule has 2 aliphatic rings. The highest BCUT2D eigenvalue weighted by Gasteiger charge is 2.40. The zero-order valence-electron chi connectivity index (χ0n) is 16.5. The standard InChI is InChI=1S/C23H27N5O/c24-23(29)18-8-4-7-17(13-18)19-14-20-9-10-21(15-19)28(20)12-11-22(26-27-25)16-5-2-1-3-6-16/h1-8,13,19-22H,9-12,14-15H2,(H2,24,29)/t19?,20?,21?,22-/m0/s1. The smallest absolute Gasteiger partial charge is 0.248 e. The molecule has 4 rings (SSSR count). The van der Waals surface area contributed by atoms with Crippen molar-refractivity contribution in [3.63, 3.8) is 0 Å². The Kier molecular flexibility index (Phi) is 5.84. The third kappa shape index (κ3) is 4.29. The minimum absolute atomic E-state index is 0.120. The molecule has 0 saturated carbocycles. The van der Waals surface area contributed by atoms with Gasteiger partial charge in [0.15, 0.2) is 0 Å². The van der Waals surface area contributed by atoms with Gasteiger partial charge in [-0.3, -0.25) is 9.69 Å². The van der Waals surface area contributed by atoms with Gasteiger partial charge in [0.1, 0.15) is 0 Å². The summed E-state index contributed by atoms with van der Waals surface area (Å²) in [6.07, 6.45) is 5.48. The van der Waals surface area contributed by atoms with E-state index in [0.29, 0.717) is 23.6 Å². The molecule has 6 heteroatoms. The molecule has 0 aromatic heterocycles. The Labute approximate surface area is 171 Å². The predicted molar refractivity (Wildman–Crippen MR) is 113 cm³/mol. The molecule has 2 aromatic rings. The lowest BCUT2D eigenvalue weighted by Crippen LogP contribution is -2.43. The van der Waals surface area contributed by atoms with Crippen LogP contribution in [-0.2, 0) is 0 Å². The van der Waals surface area contributed by atoms with Gasteiger partial charge in [0.05, 0.1) is 6.04 Å². The van der Waals surface area contributed by atoms with Crippen LogP contribution in [0.2, 0.25) is 0 Å². The Morgan fingerprint density at radius 3 is 2.52 bits per heavy atom. The van der Waals surface area contributed by atoms with Crippen LogP contribution in [0.25, 0.3) is 10.4 Å². The molecule has 2 aromatic carbocycles. The monoisotopic (exact) mass is 389 g/mol. The molecule has 1 amide bonds. The van der Waals surface area contributed by atoms with E-state index in [1.165, 1.54) is 18.4 Å². The second-order valence-electron chi connectivity index (χ2n) is 8.20. The molecule has 2 aliphatic heterocycles. The van der Waals surface area contributed by atoms with Gasteiger partial charge >= 0.3 is 0 Å². The Hall–Kier alpha value is -2.82. The van der Waals surface area contributed by atoms with Gasteiger partial charge in [0.2, 0.25) is 5.91 Å². The van der Waals surface area contributed by atoms with Gasteiger partial charge in [0.25, 0.3) is 0 Å². The largest absolute Gasteiger partial charge is 0.366 e. The molecule has 150 valence electrons. The first-order valence-electron chi connectivity index (χ1n) is 10.4. The Bertz CT molecular complexity index is 894. The van der Waals surface area contributed by atoms with Crippen LogP contribution in [0.3, 0.4) is 0 Å². The maximum atomic E-state index is 11.5. The maximum Gasteiger partial charge on any atom is 0.248 e. The van der Waals surface area contributed by atoms with Crippen LogP contribution < -0.4 is 5.73 Å². The zero-order valence-corrected chi connectivity index (χ0v) is 16.5. The fourth-order valence-electron chi connectivity index (χ4n) is 5.16. The molecule has 0 aliphatic carbocycles. The third-order valence-corrected chi connectivity index (χ3v) is 6.56. The molecule has 2 heterocycles. The van der Waals surface area contributed by atoms with Crippen LogP contribution in [0, 0.1) is 0 Å². The predicted octanol–water partition coefficient (Wildman–Crippen LogP) is 4.94. The SMILES string of the molecule is [N-]=[N+]=N[C@@H](CCN1C2CCC1CC(c1cccc(C(N)=O)c1)C2)c1ccccc1. The van der Waals surface area contributed by atoms with Gasteiger partial charge < -0.3 is 5.73 Å². The number of primary amides is 1. The number of carbonyl (C=O) groups excluding carboxylic acids is 1. The van der Waals surface area contributed by atoms with E-state index in [4.69, 9.17) is 11.3 Å². The Morgan fingerprint density at radius 1 is 1.14 bits per heavy atom. The first-order chi connectivity index (χ1) is 14.2. The summed E-state index contributed by atoms with van der Waals surface area (Å²) >= 11 is 0. The number of nitrogens with two attached hydrogens (primary N) is 1. The van der Waals surface area contributed by atoms with Crippen molar-refractivity contribution < 1.29 is 4.79 Å². The van der Waals surface area contributed by atoms with Crippen molar-refractivity contribution in [1.82, 2.24) is 4.90 Å². The van der Waals surface area contributed by atoms with Gasteiger partial charge in [-0.05, 0) is 73.4 Å². The minimum atomic E-state index is -0.364. The lowest BCUT2D eigenvalue weighted by atomic mass is 9.84. The van der Waals surface area contributed by atoms with E-state index in [1.54, 1.807) is 6.07 Å². The summed E-state index contributed by atoms with van der Waals surface area (Å²) in [7, 11) is 0. The van der Waals surface area contributed by atoms with Gasteiger partial charge in [-0.25, -0.2) is 0 Å². The van der Waals surface area contributed by atoms with E-state index in [0.717, 1.165) is 31.4 Å². The summed E-state index contributed by atoms with van der Waals surface area (Å²) in [6.45, 7) is 0.946. The Balaban J connectivity index is 1.42. The highest BCUT2D eigenvalue weighted by molar-refractivity contribution is 5.92. The molecule has 2 bridgehead atoms. The van der Waals surface area contributed by atoms with Gasteiger partial charge in [-0.1, -0.05) is 47.6 Å². The molecule has 0 spiro atoms. The van der Waals surface area contributed by atoms with Gasteiger partial charge in [-0.2, -0.15) is 0 Å². The highest BCUT2D eigenvalue weighted by Crippen LogP contribution is 2.43. The van der Waals surface area contributed by atoms with Crippen molar-refractivity contribution >= 4 is 5.91 Å². The van der Waals surface area contributed by atoms with Crippen LogP contribution in [0.4, 0.5) is 0 Å². The van der Waals surface area contributed by atoms with Crippen LogP contribution in [0.5, 0.6) is 0 Å². The first-order valence-corrected chi connectivity index (χ1v) is 10.4. The molecule has 2 unspecified atom stereocenters. The van der Waals surface area contributed by atoms with E-state index in [2.05, 4.69) is 21.0 Å². The second kappa shape index (κ2) is 8.68. The summed E-state index contributed by atoms with van der Waals surface area (Å²) < 4.78 is 0. The number of fused-ring (bicyclic) bond motifs is 2. The fourth-order valence-corrected chi connectivity index (χ4v) is 5.16. The van der Waals surface area contributed by atoms with Crippen LogP contribution in [0.15, 0.2) is 59.7 Å². The van der Waals surface area contributed by atoms with Crippen molar-refractivity contribution in [2.45, 2.75) is 56.1 Å². The van der Waals surface area contributed by atoms with Crippen molar-refractivity contribution in [3.05, 3.63) is 81.7 Å². The van der Waals surface area contributed by atoms with Crippen LogP contribution >= 0.6 is 0 Å². The summed E-state index contributed by atoms with van der Waals surface area (Å²) in [5, 5.41) is 4.05. The summed E-state index contributed by atoms with van der Waals surface area (Å²) in [4.78, 5) is 17.2. The number of carbonyl (C=O) groups is 1. The molecular weight excluding hydrogens is 362 g/mol. The average Bonchev–Trinajstić information content (AvgIpc) is 2.98. The Morgan fingerprint density at radius 2 is 1.86 bits per heavy atom. The average molecular weight is 390 g/mol.